The third kappa shape index (κ3) is 6.37. The fourth-order valence-electron chi connectivity index (χ4n) is 3.95. The Labute approximate surface area is 207 Å². The average molecular weight is 465 g/mol. The maximum Gasteiger partial charge on any atom is 0.251 e. The monoisotopic (exact) mass is 464 g/mol. The summed E-state index contributed by atoms with van der Waals surface area (Å²) in [6, 6.07) is 35.8. The van der Waals surface area contributed by atoms with Gasteiger partial charge in [-0.25, -0.2) is 0 Å². The van der Waals surface area contributed by atoms with E-state index in [4.69, 9.17) is 0 Å². The highest BCUT2D eigenvalue weighted by molar-refractivity contribution is 5.94. The molecule has 0 spiro atoms. The Morgan fingerprint density at radius 1 is 0.743 bits per heavy atom. The lowest BCUT2D eigenvalue weighted by Gasteiger charge is -2.26. The third-order valence-electron chi connectivity index (χ3n) is 5.93. The number of benzene rings is 4. The molecule has 4 nitrogen and oxygen atoms in total. The van der Waals surface area contributed by atoms with Crippen LogP contribution in [0.4, 0.5) is 11.4 Å². The average Bonchev–Trinajstić information content (AvgIpc) is 2.91. The van der Waals surface area contributed by atoms with Crippen molar-refractivity contribution in [1.82, 2.24) is 5.32 Å². The fourth-order valence-corrected chi connectivity index (χ4v) is 3.95. The summed E-state index contributed by atoms with van der Waals surface area (Å²) in [5, 5.41) is 13.9. The van der Waals surface area contributed by atoms with Crippen LogP contribution in [0.2, 0.25) is 0 Å². The number of nitrogens with zero attached hydrogens (tertiary/aromatic N) is 1. The highest BCUT2D eigenvalue weighted by Crippen LogP contribution is 2.30. The Bertz CT molecular complexity index is 1200. The van der Waals surface area contributed by atoms with E-state index < -0.39 is 6.10 Å². The van der Waals surface area contributed by atoms with Gasteiger partial charge in [-0.05, 0) is 59.0 Å². The number of aliphatic hydroxyl groups excluding tert-OH is 1. The summed E-state index contributed by atoms with van der Waals surface area (Å²) in [5.74, 6) is 0.303. The van der Waals surface area contributed by atoms with Gasteiger partial charge < -0.3 is 15.3 Å². The number of amides is 1. The summed E-state index contributed by atoms with van der Waals surface area (Å²) in [6.07, 6.45) is -0.767. The van der Waals surface area contributed by atoms with Gasteiger partial charge in [0.1, 0.15) is 6.10 Å². The van der Waals surface area contributed by atoms with E-state index in [0.717, 1.165) is 29.0 Å². The first-order valence-electron chi connectivity index (χ1n) is 12.0. The number of nitrogens with one attached hydrogen (secondary N) is 1. The minimum absolute atomic E-state index is 0.0940. The number of carbonyl (C=O) groups is 1. The van der Waals surface area contributed by atoms with Crippen LogP contribution in [-0.2, 0) is 6.54 Å². The summed E-state index contributed by atoms with van der Waals surface area (Å²) in [5.41, 5.74) is 5.53. The molecule has 0 aliphatic carbocycles. The van der Waals surface area contributed by atoms with Gasteiger partial charge in [-0.3, -0.25) is 4.79 Å². The van der Waals surface area contributed by atoms with Crippen LogP contribution in [0.25, 0.3) is 0 Å². The van der Waals surface area contributed by atoms with Gasteiger partial charge in [-0.15, -0.1) is 0 Å². The molecule has 1 atom stereocenters. The van der Waals surface area contributed by atoms with Gasteiger partial charge in [0.2, 0.25) is 0 Å². The fraction of sp³-hybridized carbons (Fsp3) is 0.194. The van der Waals surface area contributed by atoms with Crippen LogP contribution in [0.5, 0.6) is 0 Å². The summed E-state index contributed by atoms with van der Waals surface area (Å²) in [6.45, 7) is 5.50. The second kappa shape index (κ2) is 11.5. The minimum Gasteiger partial charge on any atom is -0.384 e. The Morgan fingerprint density at radius 2 is 1.26 bits per heavy atom. The van der Waals surface area contributed by atoms with Crippen molar-refractivity contribution in [2.24, 2.45) is 5.92 Å². The molecule has 1 amide bonds. The molecule has 0 aromatic heterocycles. The molecular formula is C31H32N2O2. The smallest absolute Gasteiger partial charge is 0.251 e. The molecule has 0 aliphatic heterocycles. The van der Waals surface area contributed by atoms with Gasteiger partial charge in [0, 0.05) is 30.0 Å². The van der Waals surface area contributed by atoms with Crippen LogP contribution < -0.4 is 10.2 Å². The number of aliphatic hydroxyl groups is 1. The lowest BCUT2D eigenvalue weighted by molar-refractivity contribution is 0.0949. The lowest BCUT2D eigenvalue weighted by atomic mass is 9.99. The molecule has 178 valence electrons. The van der Waals surface area contributed by atoms with Gasteiger partial charge in [0.15, 0.2) is 0 Å². The molecule has 4 heteroatoms. The molecule has 0 saturated carbocycles. The molecule has 0 bridgehead atoms. The molecule has 1 unspecified atom stereocenters. The van der Waals surface area contributed by atoms with E-state index in [0.29, 0.717) is 18.0 Å². The summed E-state index contributed by atoms with van der Waals surface area (Å²) in [4.78, 5) is 14.5. The number of hydrogen-bond acceptors (Lipinski definition) is 3. The zero-order valence-corrected chi connectivity index (χ0v) is 20.3. The van der Waals surface area contributed by atoms with Crippen LogP contribution in [-0.4, -0.2) is 17.6 Å². The molecule has 0 radical (unpaired) electrons. The summed E-state index contributed by atoms with van der Waals surface area (Å²) >= 11 is 0. The van der Waals surface area contributed by atoms with E-state index in [9.17, 15) is 9.90 Å². The van der Waals surface area contributed by atoms with Crippen LogP contribution in [0.15, 0.2) is 109 Å². The number of carbonyl (C=O) groups excluding carboxylic acids is 1. The SMILES string of the molecule is CC(C)CNC(=O)c1ccc(C(O)c2ccc(N(Cc3ccccc3)c3ccccc3)cc2)cc1. The highest BCUT2D eigenvalue weighted by Gasteiger charge is 2.15. The molecule has 0 aliphatic rings. The maximum atomic E-state index is 12.3. The molecule has 4 aromatic rings. The Morgan fingerprint density at radius 3 is 1.83 bits per heavy atom. The van der Waals surface area contributed by atoms with Crippen molar-refractivity contribution in [3.05, 3.63) is 131 Å². The van der Waals surface area contributed by atoms with E-state index in [1.165, 1.54) is 5.56 Å². The van der Waals surface area contributed by atoms with E-state index in [2.05, 4.69) is 60.5 Å². The first kappa shape index (κ1) is 24.2. The lowest BCUT2D eigenvalue weighted by Crippen LogP contribution is -2.27. The van der Waals surface area contributed by atoms with Gasteiger partial charge in [0.25, 0.3) is 5.91 Å². The van der Waals surface area contributed by atoms with E-state index in [-0.39, 0.29) is 5.91 Å². The van der Waals surface area contributed by atoms with E-state index in [1.54, 1.807) is 12.1 Å². The first-order chi connectivity index (χ1) is 17.0. The predicted molar refractivity (Wildman–Crippen MR) is 143 cm³/mol. The Hall–Kier alpha value is -3.89. The highest BCUT2D eigenvalue weighted by atomic mass is 16.3. The molecule has 0 heterocycles. The number of anilines is 2. The van der Waals surface area contributed by atoms with Crippen molar-refractivity contribution in [3.8, 4) is 0 Å². The van der Waals surface area contributed by atoms with Crippen molar-refractivity contribution in [1.29, 1.82) is 0 Å². The zero-order valence-electron chi connectivity index (χ0n) is 20.3. The molecule has 2 N–H and O–H groups in total. The van der Waals surface area contributed by atoms with E-state index >= 15 is 0 Å². The van der Waals surface area contributed by atoms with Gasteiger partial charge in [-0.2, -0.15) is 0 Å². The Balaban J connectivity index is 1.51. The quantitative estimate of drug-likeness (QED) is 0.298. The van der Waals surface area contributed by atoms with Crippen LogP contribution in [0, 0.1) is 5.92 Å². The molecule has 4 aromatic carbocycles. The van der Waals surface area contributed by atoms with Gasteiger partial charge in [0.05, 0.1) is 0 Å². The van der Waals surface area contributed by atoms with Gasteiger partial charge >= 0.3 is 0 Å². The summed E-state index contributed by atoms with van der Waals surface area (Å²) in [7, 11) is 0. The molecule has 0 fully saturated rings. The van der Waals surface area contributed by atoms with Crippen molar-refractivity contribution < 1.29 is 9.90 Å². The third-order valence-corrected chi connectivity index (χ3v) is 5.93. The summed E-state index contributed by atoms with van der Waals surface area (Å²) < 4.78 is 0. The minimum atomic E-state index is -0.767. The molecular weight excluding hydrogens is 432 g/mol. The van der Waals surface area contributed by atoms with Crippen LogP contribution in [0.3, 0.4) is 0 Å². The van der Waals surface area contributed by atoms with Gasteiger partial charge in [-0.1, -0.05) is 86.6 Å². The van der Waals surface area contributed by atoms with Crippen LogP contribution >= 0.6 is 0 Å². The first-order valence-corrected chi connectivity index (χ1v) is 12.0. The second-order valence-corrected chi connectivity index (χ2v) is 9.13. The Kier molecular flexibility index (Phi) is 7.96. The number of rotatable bonds is 9. The molecule has 35 heavy (non-hydrogen) atoms. The largest absolute Gasteiger partial charge is 0.384 e. The van der Waals surface area contributed by atoms with Crippen molar-refractivity contribution in [2.45, 2.75) is 26.5 Å². The van der Waals surface area contributed by atoms with Crippen molar-refractivity contribution >= 4 is 17.3 Å². The van der Waals surface area contributed by atoms with E-state index in [1.807, 2.05) is 60.7 Å². The normalized spacial score (nSPS) is 11.8. The molecule has 0 saturated heterocycles. The second-order valence-electron chi connectivity index (χ2n) is 9.13. The van der Waals surface area contributed by atoms with Crippen molar-refractivity contribution in [3.63, 3.8) is 0 Å². The van der Waals surface area contributed by atoms with Crippen LogP contribution in [0.1, 0.15) is 47.0 Å². The predicted octanol–water partition coefficient (Wildman–Crippen LogP) is 6.49. The maximum absolute atomic E-state index is 12.3. The number of para-hydroxylation sites is 1. The zero-order chi connectivity index (χ0) is 24.6. The topological polar surface area (TPSA) is 52.6 Å². The molecule has 4 rings (SSSR count). The number of hydrogen-bond donors (Lipinski definition) is 2. The van der Waals surface area contributed by atoms with Crippen molar-refractivity contribution in [2.75, 3.05) is 11.4 Å². The standard InChI is InChI=1S/C31H32N2O2/c1-23(2)21-32-31(35)27-15-13-25(14-16-27)30(34)26-17-19-29(20-18-26)33(28-11-7-4-8-12-28)22-24-9-5-3-6-10-24/h3-20,23,30,34H,21-22H2,1-2H3,(H,32,35).